The van der Waals surface area contributed by atoms with E-state index in [1.807, 2.05) is 20.8 Å². The molecular formula is C10H20O4. The molecule has 1 fully saturated rings. The number of hydrogen-bond donors (Lipinski definition) is 3. The first-order valence-corrected chi connectivity index (χ1v) is 4.98. The summed E-state index contributed by atoms with van der Waals surface area (Å²) in [4.78, 5) is 0. The largest absolute Gasteiger partial charge is 0.394 e. The third-order valence-corrected chi connectivity index (χ3v) is 2.61. The van der Waals surface area contributed by atoms with Crippen molar-refractivity contribution in [1.82, 2.24) is 0 Å². The Hall–Kier alpha value is -0.160. The smallest absolute Gasteiger partial charge is 0.107 e. The second kappa shape index (κ2) is 4.14. The molecule has 1 saturated heterocycles. The molecule has 0 aromatic carbocycles. The summed E-state index contributed by atoms with van der Waals surface area (Å²) in [6.45, 7) is 5.70. The summed E-state index contributed by atoms with van der Waals surface area (Å²) in [6, 6.07) is 0. The summed E-state index contributed by atoms with van der Waals surface area (Å²) in [5.41, 5.74) is -0.242. The zero-order chi connectivity index (χ0) is 10.9. The SMILES string of the molecule is CC(C)(C)[C@@H]1O[C@H](CO)C[C@H](O)[C@H]1O. The lowest BCUT2D eigenvalue weighted by atomic mass is 9.81. The van der Waals surface area contributed by atoms with Gasteiger partial charge in [0.25, 0.3) is 0 Å². The zero-order valence-corrected chi connectivity index (χ0v) is 8.97. The van der Waals surface area contributed by atoms with Crippen LogP contribution < -0.4 is 0 Å². The van der Waals surface area contributed by atoms with E-state index in [1.165, 1.54) is 0 Å². The van der Waals surface area contributed by atoms with Gasteiger partial charge in [-0.25, -0.2) is 0 Å². The predicted octanol–water partition coefficient (Wildman–Crippen LogP) is -0.0959. The first-order valence-electron chi connectivity index (χ1n) is 4.98. The summed E-state index contributed by atoms with van der Waals surface area (Å²) >= 11 is 0. The van der Waals surface area contributed by atoms with Crippen molar-refractivity contribution < 1.29 is 20.1 Å². The lowest BCUT2D eigenvalue weighted by Crippen LogP contribution is -2.54. The van der Waals surface area contributed by atoms with Crippen LogP contribution in [0.3, 0.4) is 0 Å². The van der Waals surface area contributed by atoms with Crippen molar-refractivity contribution >= 4 is 0 Å². The Morgan fingerprint density at radius 3 is 2.29 bits per heavy atom. The minimum Gasteiger partial charge on any atom is -0.394 e. The van der Waals surface area contributed by atoms with Crippen molar-refractivity contribution in [3.63, 3.8) is 0 Å². The fraction of sp³-hybridized carbons (Fsp3) is 1.00. The maximum atomic E-state index is 9.73. The van der Waals surface area contributed by atoms with Crippen LogP contribution in [0.25, 0.3) is 0 Å². The van der Waals surface area contributed by atoms with E-state index in [9.17, 15) is 10.2 Å². The minimum atomic E-state index is -0.863. The van der Waals surface area contributed by atoms with Gasteiger partial charge in [0.2, 0.25) is 0 Å². The Kier molecular flexibility index (Phi) is 3.53. The van der Waals surface area contributed by atoms with E-state index in [-0.39, 0.29) is 18.1 Å². The first kappa shape index (κ1) is 11.9. The number of hydrogen-bond acceptors (Lipinski definition) is 4. The normalized spacial score (nSPS) is 39.9. The third-order valence-electron chi connectivity index (χ3n) is 2.61. The van der Waals surface area contributed by atoms with Gasteiger partial charge >= 0.3 is 0 Å². The van der Waals surface area contributed by atoms with Crippen molar-refractivity contribution in [3.05, 3.63) is 0 Å². The minimum absolute atomic E-state index is 0.115. The van der Waals surface area contributed by atoms with Crippen LogP contribution in [0.15, 0.2) is 0 Å². The molecule has 0 radical (unpaired) electrons. The van der Waals surface area contributed by atoms with Crippen LogP contribution >= 0.6 is 0 Å². The molecule has 1 heterocycles. The Morgan fingerprint density at radius 2 is 1.86 bits per heavy atom. The lowest BCUT2D eigenvalue weighted by Gasteiger charge is -2.43. The molecule has 1 rings (SSSR count). The average molecular weight is 204 g/mol. The molecule has 4 nitrogen and oxygen atoms in total. The van der Waals surface area contributed by atoms with Gasteiger partial charge in [0.15, 0.2) is 0 Å². The van der Waals surface area contributed by atoms with E-state index in [2.05, 4.69) is 0 Å². The highest BCUT2D eigenvalue weighted by Gasteiger charge is 2.42. The molecule has 3 N–H and O–H groups in total. The second-order valence-corrected chi connectivity index (χ2v) is 5.02. The first-order chi connectivity index (χ1) is 6.36. The van der Waals surface area contributed by atoms with Crippen molar-refractivity contribution in [3.8, 4) is 0 Å². The van der Waals surface area contributed by atoms with E-state index in [4.69, 9.17) is 9.84 Å². The molecule has 0 aromatic rings. The maximum absolute atomic E-state index is 9.73. The third kappa shape index (κ3) is 2.45. The van der Waals surface area contributed by atoms with Crippen LogP contribution in [-0.4, -0.2) is 46.3 Å². The van der Waals surface area contributed by atoms with Crippen LogP contribution in [0.1, 0.15) is 27.2 Å². The summed E-state index contributed by atoms with van der Waals surface area (Å²) in [6.07, 6.45) is -2.16. The highest BCUT2D eigenvalue weighted by molar-refractivity contribution is 4.91. The van der Waals surface area contributed by atoms with Gasteiger partial charge in [-0.1, -0.05) is 20.8 Å². The quantitative estimate of drug-likeness (QED) is 0.558. The summed E-state index contributed by atoms with van der Waals surface area (Å²) < 4.78 is 5.52. The fourth-order valence-electron chi connectivity index (χ4n) is 1.79. The predicted molar refractivity (Wildman–Crippen MR) is 51.8 cm³/mol. The number of aliphatic hydroxyl groups is 3. The van der Waals surface area contributed by atoms with Crippen LogP contribution in [0, 0.1) is 5.41 Å². The molecule has 0 aliphatic carbocycles. The monoisotopic (exact) mass is 204 g/mol. The molecule has 4 atom stereocenters. The summed E-state index contributed by atoms with van der Waals surface area (Å²) in [5.74, 6) is 0. The summed E-state index contributed by atoms with van der Waals surface area (Å²) in [5, 5.41) is 28.3. The van der Waals surface area contributed by atoms with Crippen molar-refractivity contribution in [2.45, 2.75) is 51.6 Å². The van der Waals surface area contributed by atoms with Crippen LogP contribution in [0.2, 0.25) is 0 Å². The summed E-state index contributed by atoms with van der Waals surface area (Å²) in [7, 11) is 0. The highest BCUT2D eigenvalue weighted by Crippen LogP contribution is 2.32. The molecule has 1 aliphatic heterocycles. The van der Waals surface area contributed by atoms with Crippen molar-refractivity contribution in [2.24, 2.45) is 5.41 Å². The van der Waals surface area contributed by atoms with Gasteiger partial charge in [-0.05, 0) is 5.41 Å². The molecule has 0 amide bonds. The topological polar surface area (TPSA) is 69.9 Å². The van der Waals surface area contributed by atoms with Crippen molar-refractivity contribution in [1.29, 1.82) is 0 Å². The van der Waals surface area contributed by atoms with E-state index < -0.39 is 18.3 Å². The number of ether oxygens (including phenoxy) is 1. The van der Waals surface area contributed by atoms with Gasteiger partial charge in [0.05, 0.1) is 24.9 Å². The lowest BCUT2D eigenvalue weighted by molar-refractivity contribution is -0.206. The van der Waals surface area contributed by atoms with Gasteiger partial charge < -0.3 is 20.1 Å². The van der Waals surface area contributed by atoms with Gasteiger partial charge in [0, 0.05) is 6.42 Å². The fourth-order valence-corrected chi connectivity index (χ4v) is 1.79. The maximum Gasteiger partial charge on any atom is 0.107 e. The molecule has 1 aliphatic rings. The van der Waals surface area contributed by atoms with Gasteiger partial charge in [0.1, 0.15) is 6.10 Å². The average Bonchev–Trinajstić information content (AvgIpc) is 2.07. The Bertz CT molecular complexity index is 187. The number of aliphatic hydroxyl groups excluding tert-OH is 3. The van der Waals surface area contributed by atoms with Gasteiger partial charge in [-0.3, -0.25) is 0 Å². The molecule has 0 spiro atoms. The highest BCUT2D eigenvalue weighted by atomic mass is 16.5. The van der Waals surface area contributed by atoms with Crippen LogP contribution in [-0.2, 0) is 4.74 Å². The Labute approximate surface area is 84.5 Å². The Balaban J connectivity index is 2.73. The molecule has 84 valence electrons. The van der Waals surface area contributed by atoms with E-state index in [0.29, 0.717) is 6.42 Å². The molecule has 4 heteroatoms. The molecule has 14 heavy (non-hydrogen) atoms. The van der Waals surface area contributed by atoms with E-state index in [0.717, 1.165) is 0 Å². The number of rotatable bonds is 1. The molecule has 0 unspecified atom stereocenters. The molecular weight excluding hydrogens is 184 g/mol. The van der Waals surface area contributed by atoms with Crippen LogP contribution in [0.5, 0.6) is 0 Å². The molecule has 0 bridgehead atoms. The van der Waals surface area contributed by atoms with E-state index >= 15 is 0 Å². The molecule has 0 aromatic heterocycles. The molecule has 0 saturated carbocycles. The second-order valence-electron chi connectivity index (χ2n) is 5.02. The van der Waals surface area contributed by atoms with Crippen LogP contribution in [0.4, 0.5) is 0 Å². The Morgan fingerprint density at radius 1 is 1.29 bits per heavy atom. The van der Waals surface area contributed by atoms with Crippen molar-refractivity contribution in [2.75, 3.05) is 6.61 Å². The van der Waals surface area contributed by atoms with Gasteiger partial charge in [-0.15, -0.1) is 0 Å². The standard InChI is InChI=1S/C10H20O4/c1-10(2,3)9-8(13)7(12)4-6(5-11)14-9/h6-9,11-13H,4-5H2,1-3H3/t6-,7-,8+,9+/m0/s1. The van der Waals surface area contributed by atoms with Gasteiger partial charge in [-0.2, -0.15) is 0 Å². The zero-order valence-electron chi connectivity index (χ0n) is 8.97. The van der Waals surface area contributed by atoms with E-state index in [1.54, 1.807) is 0 Å².